The summed E-state index contributed by atoms with van der Waals surface area (Å²) in [6.45, 7) is 2.39. The molecule has 2 heterocycles. The highest BCUT2D eigenvalue weighted by atomic mass is 19.4. The molecule has 1 N–H and O–H groups in total. The fourth-order valence-electron chi connectivity index (χ4n) is 3.34. The van der Waals surface area contributed by atoms with Gasteiger partial charge in [0, 0.05) is 43.0 Å². The lowest BCUT2D eigenvalue weighted by Gasteiger charge is -2.35. The van der Waals surface area contributed by atoms with Gasteiger partial charge in [-0.25, -0.2) is 0 Å². The number of anilines is 2. The van der Waals surface area contributed by atoms with Crippen molar-refractivity contribution in [3.63, 3.8) is 0 Å². The summed E-state index contributed by atoms with van der Waals surface area (Å²) in [5.41, 5.74) is 0.281. The molecule has 1 saturated heterocycles. The minimum absolute atomic E-state index is 0.0465. The van der Waals surface area contributed by atoms with Gasteiger partial charge < -0.3 is 19.7 Å². The Balaban J connectivity index is 1.80. The van der Waals surface area contributed by atoms with Crippen molar-refractivity contribution >= 4 is 11.5 Å². The van der Waals surface area contributed by atoms with E-state index >= 15 is 0 Å². The molecule has 1 unspecified atom stereocenters. The number of alkyl halides is 3. The molecule has 1 fully saturated rings. The van der Waals surface area contributed by atoms with E-state index in [4.69, 9.17) is 9.47 Å². The van der Waals surface area contributed by atoms with Crippen LogP contribution in [0.15, 0.2) is 24.3 Å². The molecule has 0 saturated carbocycles. The van der Waals surface area contributed by atoms with Crippen LogP contribution in [0.5, 0.6) is 11.5 Å². The second kappa shape index (κ2) is 8.12. The minimum Gasteiger partial charge on any atom is -0.497 e. The first-order chi connectivity index (χ1) is 13.3. The summed E-state index contributed by atoms with van der Waals surface area (Å²) in [6, 6.07) is 6.42. The van der Waals surface area contributed by atoms with Crippen molar-refractivity contribution in [2.45, 2.75) is 32.0 Å². The van der Waals surface area contributed by atoms with E-state index in [2.05, 4.69) is 15.5 Å². The number of piperidine rings is 1. The lowest BCUT2D eigenvalue weighted by molar-refractivity contribution is -0.137. The molecular weight excluding hydrogens is 373 g/mol. The molecule has 2 aromatic rings. The highest BCUT2D eigenvalue weighted by molar-refractivity contribution is 5.55. The van der Waals surface area contributed by atoms with Crippen LogP contribution in [0, 0.1) is 6.92 Å². The van der Waals surface area contributed by atoms with Crippen molar-refractivity contribution in [2.24, 2.45) is 0 Å². The van der Waals surface area contributed by atoms with E-state index in [9.17, 15) is 13.2 Å². The first-order valence-corrected chi connectivity index (χ1v) is 8.96. The highest BCUT2D eigenvalue weighted by Gasteiger charge is 2.37. The van der Waals surface area contributed by atoms with E-state index in [0.717, 1.165) is 24.6 Å². The van der Waals surface area contributed by atoms with Crippen LogP contribution in [0.4, 0.5) is 24.7 Å². The van der Waals surface area contributed by atoms with Crippen LogP contribution < -0.4 is 19.7 Å². The molecule has 6 nitrogen and oxygen atoms in total. The lowest BCUT2D eigenvalue weighted by atomic mass is 10.0. The van der Waals surface area contributed by atoms with Crippen LogP contribution in [0.25, 0.3) is 0 Å². The predicted molar refractivity (Wildman–Crippen MR) is 100 cm³/mol. The van der Waals surface area contributed by atoms with Crippen LogP contribution in [-0.2, 0) is 6.18 Å². The number of hydrogen-bond acceptors (Lipinski definition) is 6. The lowest BCUT2D eigenvalue weighted by Crippen LogP contribution is -2.43. The Hall–Kier alpha value is -2.71. The summed E-state index contributed by atoms with van der Waals surface area (Å²) in [5.74, 6) is 1.16. The molecule has 0 radical (unpaired) electrons. The number of methoxy groups -OCH3 is 2. The van der Waals surface area contributed by atoms with Crippen molar-refractivity contribution in [3.05, 3.63) is 35.5 Å². The van der Waals surface area contributed by atoms with Crippen LogP contribution in [-0.4, -0.2) is 43.5 Å². The third-order valence-corrected chi connectivity index (χ3v) is 4.65. The predicted octanol–water partition coefficient (Wildman–Crippen LogP) is 3.90. The Morgan fingerprint density at radius 2 is 1.75 bits per heavy atom. The number of benzene rings is 1. The molecule has 1 aliphatic heterocycles. The first-order valence-electron chi connectivity index (χ1n) is 8.96. The largest absolute Gasteiger partial charge is 0.497 e. The Morgan fingerprint density at radius 3 is 2.36 bits per heavy atom. The molecule has 3 rings (SSSR count). The average Bonchev–Trinajstić information content (AvgIpc) is 2.67. The Labute approximate surface area is 161 Å². The van der Waals surface area contributed by atoms with Crippen molar-refractivity contribution in [1.82, 2.24) is 10.2 Å². The van der Waals surface area contributed by atoms with Gasteiger partial charge in [-0.2, -0.15) is 18.3 Å². The monoisotopic (exact) mass is 396 g/mol. The van der Waals surface area contributed by atoms with Gasteiger partial charge in [0.15, 0.2) is 5.82 Å². The maximum Gasteiger partial charge on any atom is 0.420 e. The number of nitrogens with one attached hydrogen (secondary N) is 1. The number of halogens is 3. The van der Waals surface area contributed by atoms with E-state index in [1.165, 1.54) is 6.92 Å². The number of aryl methyl sites for hydroxylation is 1. The van der Waals surface area contributed by atoms with E-state index < -0.39 is 11.7 Å². The molecule has 0 amide bonds. The molecule has 1 atom stereocenters. The molecule has 1 aliphatic rings. The topological polar surface area (TPSA) is 59.5 Å². The average molecular weight is 396 g/mol. The normalized spacial score (nSPS) is 17.4. The highest BCUT2D eigenvalue weighted by Crippen LogP contribution is 2.36. The SMILES string of the molecule is COc1cc(NC2CCCN(c3nnc(C)cc3C(F)(F)F)C2)cc(OC)c1. The van der Waals surface area contributed by atoms with Crippen molar-refractivity contribution in [3.8, 4) is 11.5 Å². The summed E-state index contributed by atoms with van der Waals surface area (Å²) < 4.78 is 50.9. The van der Waals surface area contributed by atoms with Crippen LogP contribution in [0.1, 0.15) is 24.1 Å². The number of ether oxygens (including phenoxy) is 2. The molecule has 0 spiro atoms. The summed E-state index contributed by atoms with van der Waals surface area (Å²) >= 11 is 0. The second-order valence-corrected chi connectivity index (χ2v) is 6.75. The van der Waals surface area contributed by atoms with Gasteiger partial charge in [-0.15, -0.1) is 5.10 Å². The van der Waals surface area contributed by atoms with Gasteiger partial charge in [-0.3, -0.25) is 0 Å². The fraction of sp³-hybridized carbons (Fsp3) is 0.474. The zero-order valence-corrected chi connectivity index (χ0v) is 16.0. The minimum atomic E-state index is -4.48. The van der Waals surface area contributed by atoms with Gasteiger partial charge in [0.2, 0.25) is 0 Å². The van der Waals surface area contributed by atoms with E-state index in [1.807, 2.05) is 12.1 Å². The maximum atomic E-state index is 13.5. The van der Waals surface area contributed by atoms with Gasteiger partial charge in [0.05, 0.1) is 19.9 Å². The number of rotatable bonds is 5. The quantitative estimate of drug-likeness (QED) is 0.827. The van der Waals surface area contributed by atoms with E-state index in [1.54, 1.807) is 25.2 Å². The number of nitrogens with zero attached hydrogens (tertiary/aromatic N) is 3. The van der Waals surface area contributed by atoms with Gasteiger partial charge in [-0.1, -0.05) is 0 Å². The second-order valence-electron chi connectivity index (χ2n) is 6.75. The van der Waals surface area contributed by atoms with Gasteiger partial charge >= 0.3 is 6.18 Å². The molecule has 1 aromatic carbocycles. The van der Waals surface area contributed by atoms with Gasteiger partial charge in [0.25, 0.3) is 0 Å². The third-order valence-electron chi connectivity index (χ3n) is 4.65. The molecular formula is C19H23F3N4O2. The maximum absolute atomic E-state index is 13.5. The zero-order chi connectivity index (χ0) is 20.3. The van der Waals surface area contributed by atoms with Crippen LogP contribution >= 0.6 is 0 Å². The molecule has 1 aromatic heterocycles. The summed E-state index contributed by atoms with van der Waals surface area (Å²) in [4.78, 5) is 1.65. The zero-order valence-electron chi connectivity index (χ0n) is 16.0. The Kier molecular flexibility index (Phi) is 5.81. The summed E-state index contributed by atoms with van der Waals surface area (Å²) in [7, 11) is 3.13. The summed E-state index contributed by atoms with van der Waals surface area (Å²) in [6.07, 6.45) is -2.90. The summed E-state index contributed by atoms with van der Waals surface area (Å²) in [5, 5.41) is 11.1. The van der Waals surface area contributed by atoms with Crippen molar-refractivity contribution in [2.75, 3.05) is 37.5 Å². The Morgan fingerprint density at radius 1 is 1.07 bits per heavy atom. The number of aromatic nitrogens is 2. The van der Waals surface area contributed by atoms with Crippen LogP contribution in [0.2, 0.25) is 0 Å². The van der Waals surface area contributed by atoms with Crippen molar-refractivity contribution in [1.29, 1.82) is 0 Å². The Bertz CT molecular complexity index is 807. The molecule has 28 heavy (non-hydrogen) atoms. The van der Waals surface area contributed by atoms with Gasteiger partial charge in [0.1, 0.15) is 17.1 Å². The fourth-order valence-corrected chi connectivity index (χ4v) is 3.34. The third kappa shape index (κ3) is 4.58. The van der Waals surface area contributed by atoms with Gasteiger partial charge in [-0.05, 0) is 25.8 Å². The first kappa shape index (κ1) is 20.0. The van der Waals surface area contributed by atoms with Crippen LogP contribution in [0.3, 0.4) is 0 Å². The molecule has 9 heteroatoms. The molecule has 152 valence electrons. The molecule has 0 bridgehead atoms. The smallest absolute Gasteiger partial charge is 0.420 e. The molecule has 0 aliphatic carbocycles. The van der Waals surface area contributed by atoms with E-state index in [-0.39, 0.29) is 17.6 Å². The van der Waals surface area contributed by atoms with Crippen molar-refractivity contribution < 1.29 is 22.6 Å². The number of hydrogen-bond donors (Lipinski definition) is 1. The standard InChI is InChI=1S/C19H23F3N4O2/c1-12-7-17(19(20,21)22)18(25-24-12)26-6-4-5-13(11-26)23-14-8-15(27-2)10-16(9-14)28-3/h7-10,13,23H,4-6,11H2,1-3H3. The van der Waals surface area contributed by atoms with E-state index in [0.29, 0.717) is 24.6 Å².